The van der Waals surface area contributed by atoms with Crippen molar-refractivity contribution in [1.29, 1.82) is 0 Å². The van der Waals surface area contributed by atoms with Crippen LogP contribution >= 0.6 is 12.4 Å². The van der Waals surface area contributed by atoms with Crippen molar-refractivity contribution in [2.24, 2.45) is 11.5 Å². The third kappa shape index (κ3) is 9.82. The lowest BCUT2D eigenvalue weighted by Gasteiger charge is -2.26. The van der Waals surface area contributed by atoms with E-state index in [0.717, 1.165) is 26.1 Å². The first-order valence-electron chi connectivity index (χ1n) is 20.1. The molecular formula is C40H51ClN14O6. The number of hydrogen-bond donors (Lipinski definition) is 4. The highest BCUT2D eigenvalue weighted by Gasteiger charge is 2.24. The summed E-state index contributed by atoms with van der Waals surface area (Å²) >= 11 is 0. The van der Waals surface area contributed by atoms with Gasteiger partial charge in [0, 0.05) is 57.6 Å². The summed E-state index contributed by atoms with van der Waals surface area (Å²) in [5.41, 5.74) is 15.7. The van der Waals surface area contributed by atoms with Crippen molar-refractivity contribution in [2.75, 3.05) is 50.1 Å². The Kier molecular flexibility index (Phi) is 14.0. The molecule has 0 aliphatic carbocycles. The maximum atomic E-state index is 13.8. The third-order valence-corrected chi connectivity index (χ3v) is 10.3. The van der Waals surface area contributed by atoms with Crippen molar-refractivity contribution in [2.45, 2.75) is 73.1 Å². The fourth-order valence-electron chi connectivity index (χ4n) is 7.35. The van der Waals surface area contributed by atoms with E-state index in [1.807, 2.05) is 32.3 Å². The van der Waals surface area contributed by atoms with Crippen LogP contribution in [0.25, 0.3) is 22.2 Å². The van der Waals surface area contributed by atoms with Crippen molar-refractivity contribution in [3.8, 4) is 5.75 Å². The van der Waals surface area contributed by atoms with E-state index in [0.29, 0.717) is 110 Å². The van der Waals surface area contributed by atoms with Crippen LogP contribution in [-0.4, -0.2) is 112 Å². The molecule has 1 fully saturated rings. The van der Waals surface area contributed by atoms with Crippen LogP contribution in [0.5, 0.6) is 5.75 Å². The molecule has 4 amide bonds. The number of morpholine rings is 1. The molecule has 0 bridgehead atoms. The number of nitrogens with zero attached hydrogens (tertiary/aromatic N) is 10. The van der Waals surface area contributed by atoms with Crippen LogP contribution in [0.2, 0.25) is 0 Å². The van der Waals surface area contributed by atoms with Gasteiger partial charge in [0.2, 0.25) is 23.7 Å². The van der Waals surface area contributed by atoms with Gasteiger partial charge in [-0.1, -0.05) is 0 Å². The van der Waals surface area contributed by atoms with Crippen LogP contribution in [0.3, 0.4) is 0 Å². The molecule has 0 radical (unpaired) electrons. The number of nitrogens with two attached hydrogens (primary N) is 2. The number of aromatic nitrogens is 9. The van der Waals surface area contributed by atoms with Crippen LogP contribution in [0.15, 0.2) is 36.5 Å². The summed E-state index contributed by atoms with van der Waals surface area (Å²) in [5.74, 6) is -1.20. The second kappa shape index (κ2) is 19.3. The van der Waals surface area contributed by atoms with E-state index in [9.17, 15) is 19.2 Å². The Morgan fingerprint density at radius 2 is 1.30 bits per heavy atom. The van der Waals surface area contributed by atoms with E-state index in [2.05, 4.69) is 35.7 Å². The Labute approximate surface area is 357 Å². The molecule has 5 aromatic heterocycles. The lowest BCUT2D eigenvalue weighted by atomic mass is 10.1. The molecule has 1 aliphatic heterocycles. The standard InChI is InChI=1S/C40H50N14O6.ClH/c1-5-53-30(18-24(3)48-53)37(57)46-39-44-28-20-26(34(41)55)22-32(60-15-9-10-50-13-16-59-17-14-50)33(28)51(39)11-7-8-12-52-36-29(21-27(23-43-36)35(42)56)45-40(52)47-38(58)31-19-25(4)49-54(31)6-2;/h18-23H,5-17H2,1-4H3,(H2,41,55)(H2,42,56)(H,44,46,57)(H,45,47,58);1H. The second-order valence-corrected chi connectivity index (χ2v) is 14.6. The molecule has 1 aromatic carbocycles. The molecule has 6 N–H and O–H groups in total. The summed E-state index contributed by atoms with van der Waals surface area (Å²) in [7, 11) is 0. The quantitative estimate of drug-likeness (QED) is 0.0907. The molecule has 0 spiro atoms. The first-order valence-corrected chi connectivity index (χ1v) is 20.1. The number of amides is 4. The van der Waals surface area contributed by atoms with Crippen LogP contribution in [0.4, 0.5) is 11.9 Å². The average molecular weight is 859 g/mol. The molecule has 61 heavy (non-hydrogen) atoms. The van der Waals surface area contributed by atoms with Gasteiger partial charge >= 0.3 is 0 Å². The normalized spacial score (nSPS) is 13.0. The fourth-order valence-corrected chi connectivity index (χ4v) is 7.35. The maximum absolute atomic E-state index is 13.8. The van der Waals surface area contributed by atoms with E-state index in [1.54, 1.807) is 44.3 Å². The van der Waals surface area contributed by atoms with E-state index >= 15 is 0 Å². The number of ether oxygens (including phenoxy) is 2. The molecule has 324 valence electrons. The number of hydrogen-bond acceptors (Lipinski definition) is 12. The van der Waals surface area contributed by atoms with Crippen molar-refractivity contribution in [3.63, 3.8) is 0 Å². The second-order valence-electron chi connectivity index (χ2n) is 14.6. The molecule has 21 heteroatoms. The highest BCUT2D eigenvalue weighted by atomic mass is 35.5. The number of anilines is 2. The number of rotatable bonds is 18. The number of aryl methyl sites for hydroxylation is 6. The molecule has 7 rings (SSSR count). The summed E-state index contributed by atoms with van der Waals surface area (Å²) in [6, 6.07) is 8.16. The minimum atomic E-state index is -0.653. The highest BCUT2D eigenvalue weighted by Crippen LogP contribution is 2.32. The van der Waals surface area contributed by atoms with E-state index in [4.69, 9.17) is 25.9 Å². The number of fused-ring (bicyclic) bond motifs is 2. The van der Waals surface area contributed by atoms with Gasteiger partial charge in [0.25, 0.3) is 11.8 Å². The number of carbonyl (C=O) groups excluding carboxylic acids is 4. The largest absolute Gasteiger partial charge is 0.491 e. The third-order valence-electron chi connectivity index (χ3n) is 10.3. The van der Waals surface area contributed by atoms with Gasteiger partial charge in [-0.15, -0.1) is 12.4 Å². The molecule has 6 aromatic rings. The number of nitrogens with one attached hydrogen (secondary N) is 2. The van der Waals surface area contributed by atoms with Crippen LogP contribution < -0.4 is 26.8 Å². The number of carbonyl (C=O) groups is 4. The number of imidazole rings is 2. The summed E-state index contributed by atoms with van der Waals surface area (Å²) in [4.78, 5) is 68.1. The van der Waals surface area contributed by atoms with Crippen LogP contribution in [-0.2, 0) is 30.9 Å². The maximum Gasteiger partial charge on any atom is 0.276 e. The Bertz CT molecular complexity index is 2570. The number of halogens is 1. The van der Waals surface area contributed by atoms with Gasteiger partial charge in [-0.2, -0.15) is 10.2 Å². The van der Waals surface area contributed by atoms with E-state index < -0.39 is 23.6 Å². The Balaban J connectivity index is 0.00000622. The fraction of sp³-hybridized carbons (Fsp3) is 0.425. The molecule has 0 atom stereocenters. The number of unbranched alkanes of at least 4 members (excludes halogenated alkanes) is 1. The van der Waals surface area contributed by atoms with Gasteiger partial charge in [0.1, 0.15) is 28.2 Å². The number of primary amides is 2. The predicted molar refractivity (Wildman–Crippen MR) is 229 cm³/mol. The zero-order chi connectivity index (χ0) is 42.5. The van der Waals surface area contributed by atoms with Gasteiger partial charge in [-0.05, 0) is 77.3 Å². The highest BCUT2D eigenvalue weighted by molar-refractivity contribution is 6.05. The van der Waals surface area contributed by atoms with E-state index in [-0.39, 0.29) is 35.4 Å². The van der Waals surface area contributed by atoms with Gasteiger partial charge < -0.3 is 25.5 Å². The molecule has 0 unspecified atom stereocenters. The first-order chi connectivity index (χ1) is 28.9. The van der Waals surface area contributed by atoms with Crippen molar-refractivity contribution < 1.29 is 28.7 Å². The monoisotopic (exact) mass is 858 g/mol. The van der Waals surface area contributed by atoms with Crippen molar-refractivity contribution in [3.05, 3.63) is 70.4 Å². The molecule has 1 aliphatic rings. The summed E-state index contributed by atoms with van der Waals surface area (Å²) in [6.45, 7) is 13.4. The Morgan fingerprint density at radius 3 is 1.89 bits per heavy atom. The van der Waals surface area contributed by atoms with Gasteiger partial charge in [-0.3, -0.25) is 48.6 Å². The van der Waals surface area contributed by atoms with Gasteiger partial charge in [-0.25, -0.2) is 15.0 Å². The molecule has 6 heterocycles. The summed E-state index contributed by atoms with van der Waals surface area (Å²) in [5, 5.41) is 14.7. The van der Waals surface area contributed by atoms with Gasteiger partial charge in [0.15, 0.2) is 5.65 Å². The molecule has 20 nitrogen and oxygen atoms in total. The van der Waals surface area contributed by atoms with Crippen LogP contribution in [0, 0.1) is 13.8 Å². The topological polar surface area (TPSA) is 250 Å². The van der Waals surface area contributed by atoms with E-state index in [1.165, 1.54) is 6.20 Å². The number of benzene rings is 1. The molecular weight excluding hydrogens is 808 g/mol. The lowest BCUT2D eigenvalue weighted by Crippen LogP contribution is -2.37. The Morgan fingerprint density at radius 1 is 0.738 bits per heavy atom. The minimum Gasteiger partial charge on any atom is -0.491 e. The zero-order valence-electron chi connectivity index (χ0n) is 34.6. The van der Waals surface area contributed by atoms with Crippen molar-refractivity contribution in [1.82, 2.24) is 48.5 Å². The Hall–Kier alpha value is -6.38. The van der Waals surface area contributed by atoms with Crippen molar-refractivity contribution >= 4 is 70.1 Å². The minimum absolute atomic E-state index is 0. The summed E-state index contributed by atoms with van der Waals surface area (Å²) < 4.78 is 18.7. The summed E-state index contributed by atoms with van der Waals surface area (Å²) in [6.07, 6.45) is 3.20. The molecule has 1 saturated heterocycles. The smallest absolute Gasteiger partial charge is 0.276 e. The lowest BCUT2D eigenvalue weighted by molar-refractivity contribution is 0.0358. The first kappa shape index (κ1) is 44.2. The molecule has 0 saturated carbocycles. The van der Waals surface area contributed by atoms with Gasteiger partial charge in [0.05, 0.1) is 42.3 Å². The van der Waals surface area contributed by atoms with Crippen LogP contribution in [0.1, 0.15) is 86.2 Å². The average Bonchev–Trinajstić information content (AvgIpc) is 4.00. The zero-order valence-corrected chi connectivity index (χ0v) is 35.5. The number of pyridine rings is 1. The predicted octanol–water partition coefficient (Wildman–Crippen LogP) is 3.54. The SMILES string of the molecule is CCn1nc(C)cc1C(=O)Nc1nc2cc(C(N)=O)cnc2n1CCCCn1c(NC(=O)c2cc(C)nn2CC)nc2cc(C(N)=O)cc(OCCCN3CCOCC3)c21.Cl.